The molecule has 2 aromatic rings. The number of ether oxygens (including phenoxy) is 1. The van der Waals surface area contributed by atoms with E-state index in [2.05, 4.69) is 0 Å². The lowest BCUT2D eigenvalue weighted by Crippen LogP contribution is -2.47. The van der Waals surface area contributed by atoms with Gasteiger partial charge in [-0.25, -0.2) is 4.79 Å². The summed E-state index contributed by atoms with van der Waals surface area (Å²) in [5.41, 5.74) is -0.0191. The molecule has 1 aliphatic heterocycles. The molecule has 3 rings (SSSR count). The molecule has 2 aromatic carbocycles. The Balaban J connectivity index is 1.89. The molecule has 1 atom stereocenters. The molecule has 0 aliphatic carbocycles. The highest BCUT2D eigenvalue weighted by Gasteiger charge is 2.40. The Labute approximate surface area is 165 Å². The first-order valence-corrected chi connectivity index (χ1v) is 8.92. The van der Waals surface area contributed by atoms with E-state index in [4.69, 9.17) is 9.84 Å². The fourth-order valence-corrected chi connectivity index (χ4v) is 3.23. The number of carbonyl (C=O) groups is 2. The van der Waals surface area contributed by atoms with Crippen LogP contribution in [0.3, 0.4) is 0 Å². The van der Waals surface area contributed by atoms with Crippen molar-refractivity contribution in [3.8, 4) is 11.5 Å². The summed E-state index contributed by atoms with van der Waals surface area (Å²) < 4.78 is 45.2. The molecule has 0 spiro atoms. The van der Waals surface area contributed by atoms with E-state index in [1.54, 1.807) is 36.4 Å². The first-order chi connectivity index (χ1) is 13.7. The van der Waals surface area contributed by atoms with Crippen LogP contribution in [0.15, 0.2) is 54.6 Å². The normalized spacial score (nSPS) is 16.5. The van der Waals surface area contributed by atoms with E-state index in [-0.39, 0.29) is 30.8 Å². The molecule has 1 saturated heterocycles. The quantitative estimate of drug-likeness (QED) is 0.804. The summed E-state index contributed by atoms with van der Waals surface area (Å²) in [5.74, 6) is -0.289. The van der Waals surface area contributed by atoms with E-state index >= 15 is 0 Å². The highest BCUT2D eigenvalue weighted by Crippen LogP contribution is 2.29. The van der Waals surface area contributed by atoms with Crippen molar-refractivity contribution in [2.45, 2.75) is 18.6 Å². The number of benzene rings is 2. The number of amides is 2. The van der Waals surface area contributed by atoms with Crippen LogP contribution in [0.1, 0.15) is 16.8 Å². The summed E-state index contributed by atoms with van der Waals surface area (Å²) in [4.78, 5) is 25.9. The lowest BCUT2D eigenvalue weighted by atomic mass is 10.1. The van der Waals surface area contributed by atoms with Gasteiger partial charge in [0.1, 0.15) is 18.0 Å². The Morgan fingerprint density at radius 2 is 1.76 bits per heavy atom. The first kappa shape index (κ1) is 20.5. The molecule has 9 heteroatoms. The molecule has 6 nitrogen and oxygen atoms in total. The largest absolute Gasteiger partial charge is 0.465 e. The van der Waals surface area contributed by atoms with Crippen molar-refractivity contribution in [3.63, 3.8) is 0 Å². The molecule has 0 aromatic heterocycles. The highest BCUT2D eigenvalue weighted by atomic mass is 19.4. The first-order valence-electron chi connectivity index (χ1n) is 8.92. The van der Waals surface area contributed by atoms with E-state index in [9.17, 15) is 22.8 Å². The average Bonchev–Trinajstić information content (AvgIpc) is 3.16. The Morgan fingerprint density at radius 3 is 2.38 bits per heavy atom. The Kier molecular flexibility index (Phi) is 5.95. The van der Waals surface area contributed by atoms with E-state index in [0.717, 1.165) is 4.90 Å². The number of para-hydroxylation sites is 2. The second kappa shape index (κ2) is 8.42. The van der Waals surface area contributed by atoms with Crippen LogP contribution in [0.5, 0.6) is 11.5 Å². The van der Waals surface area contributed by atoms with Crippen LogP contribution in [0, 0.1) is 0 Å². The molecule has 1 heterocycles. The van der Waals surface area contributed by atoms with Gasteiger partial charge in [-0.2, -0.15) is 13.2 Å². The van der Waals surface area contributed by atoms with Crippen LogP contribution in [-0.2, 0) is 0 Å². The number of hydrogen-bond donors (Lipinski definition) is 1. The standard InChI is InChI=1S/C20H19F3N2O4/c21-20(22,23)13-25(14-10-11-24(12-14)19(27)28)18(26)16-8-4-5-9-17(16)29-15-6-2-1-3-7-15/h1-9,14H,10-13H2,(H,27,28)/t14-/m0/s1. The molecule has 1 N–H and O–H groups in total. The van der Waals surface area contributed by atoms with Crippen LogP contribution >= 0.6 is 0 Å². The number of alkyl halides is 3. The fourth-order valence-electron chi connectivity index (χ4n) is 3.23. The predicted molar refractivity (Wildman–Crippen MR) is 98.1 cm³/mol. The highest BCUT2D eigenvalue weighted by molar-refractivity contribution is 5.97. The maximum atomic E-state index is 13.2. The SMILES string of the molecule is O=C(O)N1CC[C@H](N(CC(F)(F)F)C(=O)c2ccccc2Oc2ccccc2)C1. The molecule has 2 amide bonds. The Morgan fingerprint density at radius 1 is 1.10 bits per heavy atom. The van der Waals surface area contributed by atoms with Crippen LogP contribution in [0.4, 0.5) is 18.0 Å². The number of carbonyl (C=O) groups excluding carboxylic acids is 1. The number of likely N-dealkylation sites (tertiary alicyclic amines) is 1. The topological polar surface area (TPSA) is 70.1 Å². The zero-order valence-electron chi connectivity index (χ0n) is 15.3. The monoisotopic (exact) mass is 408 g/mol. The molecular weight excluding hydrogens is 389 g/mol. The number of nitrogens with zero attached hydrogens (tertiary/aromatic N) is 2. The molecular formula is C20H19F3N2O4. The third-order valence-electron chi connectivity index (χ3n) is 4.57. The lowest BCUT2D eigenvalue weighted by Gasteiger charge is -2.30. The van der Waals surface area contributed by atoms with Gasteiger partial charge in [0.15, 0.2) is 0 Å². The van der Waals surface area contributed by atoms with Gasteiger partial charge < -0.3 is 19.6 Å². The molecule has 154 valence electrons. The van der Waals surface area contributed by atoms with Crippen molar-refractivity contribution in [1.82, 2.24) is 9.80 Å². The van der Waals surface area contributed by atoms with E-state index in [1.807, 2.05) is 0 Å². The second-order valence-electron chi connectivity index (χ2n) is 6.63. The van der Waals surface area contributed by atoms with E-state index in [0.29, 0.717) is 10.6 Å². The van der Waals surface area contributed by atoms with Crippen molar-refractivity contribution in [2.75, 3.05) is 19.6 Å². The van der Waals surface area contributed by atoms with Crippen molar-refractivity contribution >= 4 is 12.0 Å². The van der Waals surface area contributed by atoms with Gasteiger partial charge in [0.25, 0.3) is 5.91 Å². The van der Waals surface area contributed by atoms with Gasteiger partial charge in [-0.15, -0.1) is 0 Å². The number of halogens is 3. The van der Waals surface area contributed by atoms with Crippen LogP contribution in [0.2, 0.25) is 0 Å². The minimum Gasteiger partial charge on any atom is -0.465 e. The molecule has 29 heavy (non-hydrogen) atoms. The van der Waals surface area contributed by atoms with Crippen LogP contribution < -0.4 is 4.74 Å². The minimum absolute atomic E-state index is 0.0191. The van der Waals surface area contributed by atoms with Crippen molar-refractivity contribution in [1.29, 1.82) is 0 Å². The van der Waals surface area contributed by atoms with Gasteiger partial charge in [-0.05, 0) is 30.7 Å². The molecule has 0 saturated carbocycles. The summed E-state index contributed by atoms with van der Waals surface area (Å²) in [7, 11) is 0. The Bertz CT molecular complexity index is 874. The summed E-state index contributed by atoms with van der Waals surface area (Å²) >= 11 is 0. The average molecular weight is 408 g/mol. The third-order valence-corrected chi connectivity index (χ3v) is 4.57. The number of rotatable bonds is 5. The van der Waals surface area contributed by atoms with Gasteiger partial charge in [0.2, 0.25) is 0 Å². The van der Waals surface area contributed by atoms with E-state index < -0.39 is 30.8 Å². The molecule has 1 aliphatic rings. The zero-order valence-corrected chi connectivity index (χ0v) is 15.3. The summed E-state index contributed by atoms with van der Waals surface area (Å²) in [5, 5.41) is 9.09. The number of hydrogen-bond acceptors (Lipinski definition) is 3. The van der Waals surface area contributed by atoms with Crippen LogP contribution in [0.25, 0.3) is 0 Å². The van der Waals surface area contributed by atoms with Crippen LogP contribution in [-0.4, -0.2) is 58.8 Å². The summed E-state index contributed by atoms with van der Waals surface area (Å²) in [6.07, 6.45) is -5.71. The summed E-state index contributed by atoms with van der Waals surface area (Å²) in [6.45, 7) is -1.56. The Hall–Kier alpha value is -3.23. The molecule has 0 bridgehead atoms. The van der Waals surface area contributed by atoms with Gasteiger partial charge >= 0.3 is 12.3 Å². The van der Waals surface area contributed by atoms with Gasteiger partial charge in [-0.1, -0.05) is 30.3 Å². The maximum Gasteiger partial charge on any atom is 0.407 e. The van der Waals surface area contributed by atoms with Crippen molar-refractivity contribution in [3.05, 3.63) is 60.2 Å². The second-order valence-corrected chi connectivity index (χ2v) is 6.63. The van der Waals surface area contributed by atoms with E-state index in [1.165, 1.54) is 18.2 Å². The minimum atomic E-state index is -4.62. The van der Waals surface area contributed by atoms with Crippen molar-refractivity contribution in [2.24, 2.45) is 0 Å². The smallest absolute Gasteiger partial charge is 0.407 e. The maximum absolute atomic E-state index is 13.2. The number of carboxylic acid groups (broad SMARTS) is 1. The predicted octanol–water partition coefficient (Wildman–Crippen LogP) is 4.24. The molecule has 0 radical (unpaired) electrons. The van der Waals surface area contributed by atoms with Crippen molar-refractivity contribution < 1.29 is 32.6 Å². The van der Waals surface area contributed by atoms with Gasteiger partial charge in [-0.3, -0.25) is 4.79 Å². The zero-order chi connectivity index (χ0) is 21.0. The summed E-state index contributed by atoms with van der Waals surface area (Å²) in [6, 6.07) is 13.8. The third kappa shape index (κ3) is 5.18. The van der Waals surface area contributed by atoms with Gasteiger partial charge in [0, 0.05) is 13.1 Å². The fraction of sp³-hybridized carbons (Fsp3) is 0.300. The van der Waals surface area contributed by atoms with Gasteiger partial charge in [0.05, 0.1) is 11.6 Å². The molecule has 1 fully saturated rings. The molecule has 0 unspecified atom stereocenters. The lowest BCUT2D eigenvalue weighted by molar-refractivity contribution is -0.144.